The molecule has 1 atom stereocenters. The molecule has 0 bridgehead atoms. The van der Waals surface area contributed by atoms with Crippen LogP contribution in [0.1, 0.15) is 50.1 Å². The van der Waals surface area contributed by atoms with E-state index in [4.69, 9.17) is 0 Å². The van der Waals surface area contributed by atoms with Gasteiger partial charge in [0.1, 0.15) is 0 Å². The molecule has 2 aromatic heterocycles. The van der Waals surface area contributed by atoms with Crippen molar-refractivity contribution >= 4 is 11.8 Å². The van der Waals surface area contributed by atoms with Crippen LogP contribution in [0.15, 0.2) is 12.3 Å². The van der Waals surface area contributed by atoms with Crippen molar-refractivity contribution in [2.45, 2.75) is 51.8 Å². The Morgan fingerprint density at radius 1 is 1.15 bits per heavy atom. The van der Waals surface area contributed by atoms with Crippen molar-refractivity contribution in [3.8, 4) is 0 Å². The summed E-state index contributed by atoms with van der Waals surface area (Å²) < 4.78 is 16.2. The summed E-state index contributed by atoms with van der Waals surface area (Å²) in [4.78, 5) is 12.8. The molecule has 26 heavy (non-hydrogen) atoms. The van der Waals surface area contributed by atoms with E-state index >= 15 is 0 Å². The molecule has 2 aliphatic rings. The topological polar surface area (TPSA) is 70.3 Å². The van der Waals surface area contributed by atoms with Crippen LogP contribution in [0, 0.1) is 5.82 Å². The maximum Gasteiger partial charge on any atom is 0.227 e. The van der Waals surface area contributed by atoms with Crippen molar-refractivity contribution in [2.75, 3.05) is 29.4 Å². The van der Waals surface area contributed by atoms with E-state index in [1.807, 2.05) is 22.6 Å². The number of halogens is 1. The molecule has 0 spiro atoms. The number of aliphatic hydroxyl groups excluding tert-OH is 1. The molecule has 0 saturated carbocycles. The van der Waals surface area contributed by atoms with Gasteiger partial charge in [0.05, 0.1) is 30.2 Å². The van der Waals surface area contributed by atoms with Gasteiger partial charge in [-0.05, 0) is 31.7 Å². The summed E-state index contributed by atoms with van der Waals surface area (Å²) in [6.07, 6.45) is 4.43. The van der Waals surface area contributed by atoms with E-state index in [0.717, 1.165) is 51.1 Å². The van der Waals surface area contributed by atoms with Crippen LogP contribution in [-0.2, 0) is 13.1 Å². The zero-order chi connectivity index (χ0) is 18.1. The van der Waals surface area contributed by atoms with Gasteiger partial charge in [-0.25, -0.2) is 9.37 Å². The molecule has 2 aliphatic heterocycles. The lowest BCUT2D eigenvalue weighted by Gasteiger charge is -2.23. The van der Waals surface area contributed by atoms with Crippen LogP contribution in [0.3, 0.4) is 0 Å². The van der Waals surface area contributed by atoms with Gasteiger partial charge < -0.3 is 14.9 Å². The Labute approximate surface area is 152 Å². The molecular weight excluding hydrogens is 335 g/mol. The number of aliphatic hydroxyl groups is 1. The number of aromatic nitrogens is 4. The molecule has 0 aromatic carbocycles. The molecule has 1 fully saturated rings. The lowest BCUT2D eigenvalue weighted by molar-refractivity contribution is 0.168. The monoisotopic (exact) mass is 360 g/mol. The first-order valence-electron chi connectivity index (χ1n) is 9.43. The van der Waals surface area contributed by atoms with Crippen molar-refractivity contribution in [1.29, 1.82) is 0 Å². The lowest BCUT2D eigenvalue weighted by Crippen LogP contribution is -2.27. The van der Waals surface area contributed by atoms with Gasteiger partial charge in [-0.1, -0.05) is 6.92 Å². The second-order valence-corrected chi connectivity index (χ2v) is 7.02. The van der Waals surface area contributed by atoms with E-state index < -0.39 is 6.10 Å². The van der Waals surface area contributed by atoms with Gasteiger partial charge in [0.15, 0.2) is 11.6 Å². The van der Waals surface area contributed by atoms with Crippen molar-refractivity contribution in [1.82, 2.24) is 19.7 Å². The second kappa shape index (κ2) is 7.19. The van der Waals surface area contributed by atoms with Crippen LogP contribution in [0.5, 0.6) is 0 Å². The molecule has 0 aliphatic carbocycles. The van der Waals surface area contributed by atoms with Crippen molar-refractivity contribution in [3.05, 3.63) is 29.5 Å². The van der Waals surface area contributed by atoms with Crippen molar-refractivity contribution in [2.24, 2.45) is 0 Å². The van der Waals surface area contributed by atoms with E-state index in [0.29, 0.717) is 30.4 Å². The molecule has 0 radical (unpaired) electrons. The summed E-state index contributed by atoms with van der Waals surface area (Å²) in [5.41, 5.74) is 1.74. The van der Waals surface area contributed by atoms with Crippen LogP contribution in [0.25, 0.3) is 0 Å². The number of rotatable bonds is 4. The summed E-state index contributed by atoms with van der Waals surface area (Å²) in [5.74, 6) is 0.608. The lowest BCUT2D eigenvalue weighted by atomic mass is 10.2. The average molecular weight is 360 g/mol. The largest absolute Gasteiger partial charge is 0.387 e. The van der Waals surface area contributed by atoms with Gasteiger partial charge in [-0.2, -0.15) is 10.1 Å². The normalized spacial score (nSPS) is 18.7. The summed E-state index contributed by atoms with van der Waals surface area (Å²) in [5, 5.41) is 14.6. The van der Waals surface area contributed by atoms with Crippen LogP contribution >= 0.6 is 0 Å². The zero-order valence-electron chi connectivity index (χ0n) is 15.1. The molecule has 4 rings (SSSR count). The smallest absolute Gasteiger partial charge is 0.227 e. The van der Waals surface area contributed by atoms with Crippen LogP contribution in [0.2, 0.25) is 0 Å². The van der Waals surface area contributed by atoms with Gasteiger partial charge >= 0.3 is 0 Å². The minimum atomic E-state index is -0.535. The minimum Gasteiger partial charge on any atom is -0.387 e. The SMILES string of the molecule is CCC(O)c1cc2n(n1)CCCN(c1ncc(F)c(N3CCCC3)n1)C2. The second-order valence-electron chi connectivity index (χ2n) is 7.02. The molecule has 1 N–H and O–H groups in total. The predicted octanol–water partition coefficient (Wildman–Crippen LogP) is 2.27. The van der Waals surface area contributed by atoms with E-state index in [1.165, 1.54) is 6.20 Å². The number of anilines is 2. The van der Waals surface area contributed by atoms with E-state index in [1.54, 1.807) is 0 Å². The summed E-state index contributed by atoms with van der Waals surface area (Å²) >= 11 is 0. The number of nitrogens with zero attached hydrogens (tertiary/aromatic N) is 6. The highest BCUT2D eigenvalue weighted by Gasteiger charge is 2.23. The predicted molar refractivity (Wildman–Crippen MR) is 96.6 cm³/mol. The number of fused-ring (bicyclic) bond motifs is 1. The van der Waals surface area contributed by atoms with E-state index in [-0.39, 0.29) is 5.82 Å². The van der Waals surface area contributed by atoms with Crippen LogP contribution in [0.4, 0.5) is 16.2 Å². The zero-order valence-corrected chi connectivity index (χ0v) is 15.1. The third-order valence-electron chi connectivity index (χ3n) is 5.16. The van der Waals surface area contributed by atoms with Gasteiger partial charge in [-0.3, -0.25) is 4.68 Å². The van der Waals surface area contributed by atoms with Gasteiger partial charge in [0.2, 0.25) is 5.95 Å². The standard InChI is InChI=1S/C18H25FN6O/c1-2-16(26)15-10-13-12-24(8-5-9-25(13)22-15)18-20-11-14(19)17(21-18)23-6-3-4-7-23/h10-11,16,26H,2-9,12H2,1H3. The summed E-state index contributed by atoms with van der Waals surface area (Å²) in [6.45, 7) is 5.82. The minimum absolute atomic E-state index is 0.358. The Morgan fingerprint density at radius 3 is 2.69 bits per heavy atom. The quantitative estimate of drug-likeness (QED) is 0.902. The highest BCUT2D eigenvalue weighted by atomic mass is 19.1. The van der Waals surface area contributed by atoms with Gasteiger partial charge in [0.25, 0.3) is 0 Å². The first-order valence-corrected chi connectivity index (χ1v) is 9.43. The molecule has 4 heterocycles. The molecule has 8 heteroatoms. The highest BCUT2D eigenvalue weighted by Crippen LogP contribution is 2.26. The molecule has 7 nitrogen and oxygen atoms in total. The Hall–Kier alpha value is -2.22. The maximum atomic E-state index is 14.2. The fourth-order valence-electron chi connectivity index (χ4n) is 3.68. The Balaban J connectivity index is 1.60. The fourth-order valence-corrected chi connectivity index (χ4v) is 3.68. The van der Waals surface area contributed by atoms with E-state index in [2.05, 4.69) is 20.0 Å². The van der Waals surface area contributed by atoms with E-state index in [9.17, 15) is 9.50 Å². The summed E-state index contributed by atoms with van der Waals surface area (Å²) in [7, 11) is 0. The highest BCUT2D eigenvalue weighted by molar-refractivity contribution is 5.46. The van der Waals surface area contributed by atoms with Crippen molar-refractivity contribution in [3.63, 3.8) is 0 Å². The maximum absolute atomic E-state index is 14.2. The number of aryl methyl sites for hydroxylation is 1. The van der Waals surface area contributed by atoms with Crippen LogP contribution in [-0.4, -0.2) is 44.5 Å². The molecule has 140 valence electrons. The summed E-state index contributed by atoms with van der Waals surface area (Å²) in [6, 6.07) is 1.96. The fraction of sp³-hybridized carbons (Fsp3) is 0.611. The Bertz CT molecular complexity index is 773. The first kappa shape index (κ1) is 17.2. The average Bonchev–Trinajstić information content (AvgIpc) is 3.28. The number of hydrogen-bond acceptors (Lipinski definition) is 6. The molecular formula is C18H25FN6O. The Morgan fingerprint density at radius 2 is 1.92 bits per heavy atom. The van der Waals surface area contributed by atoms with Gasteiger partial charge in [-0.15, -0.1) is 0 Å². The third kappa shape index (κ3) is 3.25. The number of hydrogen-bond donors (Lipinski definition) is 1. The third-order valence-corrected chi connectivity index (χ3v) is 5.16. The van der Waals surface area contributed by atoms with Crippen molar-refractivity contribution < 1.29 is 9.50 Å². The first-order chi connectivity index (χ1) is 12.7. The Kier molecular flexibility index (Phi) is 4.76. The molecule has 2 aromatic rings. The molecule has 1 unspecified atom stereocenters. The molecule has 1 saturated heterocycles. The van der Waals surface area contributed by atoms with Crippen LogP contribution < -0.4 is 9.80 Å². The molecule has 0 amide bonds. The van der Waals surface area contributed by atoms with Gasteiger partial charge in [0, 0.05) is 26.2 Å².